The fraction of sp³-hybridized carbons (Fsp3) is 0.955. The highest BCUT2D eigenvalue weighted by Crippen LogP contribution is 2.18. The topological polar surface area (TPSA) is 58.6 Å². The van der Waals surface area contributed by atoms with Crippen molar-refractivity contribution in [2.75, 3.05) is 72.2 Å². The Kier molecular flexibility index (Phi) is 12.9. The largest absolute Gasteiger partial charge is 0.379 e. The van der Waals surface area contributed by atoms with Crippen molar-refractivity contribution < 1.29 is 14.2 Å². The second kappa shape index (κ2) is 14.8. The van der Waals surface area contributed by atoms with Gasteiger partial charge in [0.15, 0.2) is 5.96 Å². The summed E-state index contributed by atoms with van der Waals surface area (Å²) >= 11 is 0. The molecule has 0 aromatic heterocycles. The van der Waals surface area contributed by atoms with Gasteiger partial charge in [-0.25, -0.2) is 0 Å². The predicted molar refractivity (Wildman–Crippen MR) is 132 cm³/mol. The molecule has 3 fully saturated rings. The molecule has 30 heavy (non-hydrogen) atoms. The average molecular weight is 539 g/mol. The first-order valence-corrected chi connectivity index (χ1v) is 11.8. The van der Waals surface area contributed by atoms with Gasteiger partial charge in [0.1, 0.15) is 0 Å². The molecule has 3 aliphatic rings. The van der Waals surface area contributed by atoms with Gasteiger partial charge in [-0.3, -0.25) is 9.89 Å². The predicted octanol–water partition coefficient (Wildman–Crippen LogP) is 2.59. The minimum absolute atomic E-state index is 0. The first kappa shape index (κ1) is 26.1. The van der Waals surface area contributed by atoms with Crippen LogP contribution < -0.4 is 5.32 Å². The minimum atomic E-state index is 0. The zero-order valence-electron chi connectivity index (χ0n) is 19.0. The third-order valence-corrected chi connectivity index (χ3v) is 6.09. The number of morpholine rings is 1. The number of aliphatic imine (C=N–C) groups is 1. The fourth-order valence-corrected chi connectivity index (χ4v) is 4.37. The second-order valence-electron chi connectivity index (χ2n) is 8.72. The van der Waals surface area contributed by atoms with Gasteiger partial charge in [0.05, 0.1) is 32.0 Å². The van der Waals surface area contributed by atoms with Crippen molar-refractivity contribution in [2.45, 2.75) is 58.2 Å². The van der Waals surface area contributed by atoms with Crippen LogP contribution in [0.15, 0.2) is 4.99 Å². The van der Waals surface area contributed by atoms with E-state index in [1.165, 1.54) is 12.8 Å². The number of halogens is 1. The van der Waals surface area contributed by atoms with Crippen LogP contribution in [-0.4, -0.2) is 100 Å². The van der Waals surface area contributed by atoms with E-state index in [0.717, 1.165) is 97.5 Å². The van der Waals surface area contributed by atoms with Gasteiger partial charge in [-0.15, -0.1) is 24.0 Å². The lowest BCUT2D eigenvalue weighted by atomic mass is 10.1. The van der Waals surface area contributed by atoms with E-state index in [1.807, 2.05) is 0 Å². The van der Waals surface area contributed by atoms with Crippen molar-refractivity contribution >= 4 is 29.9 Å². The van der Waals surface area contributed by atoms with Crippen molar-refractivity contribution in [3.05, 3.63) is 0 Å². The van der Waals surface area contributed by atoms with Crippen molar-refractivity contribution in [3.63, 3.8) is 0 Å². The van der Waals surface area contributed by atoms with E-state index in [-0.39, 0.29) is 24.0 Å². The van der Waals surface area contributed by atoms with Gasteiger partial charge in [-0.1, -0.05) is 6.92 Å². The van der Waals surface area contributed by atoms with Gasteiger partial charge in [-0.05, 0) is 44.9 Å². The van der Waals surface area contributed by atoms with Gasteiger partial charge < -0.3 is 24.4 Å². The number of piperidine rings is 1. The average Bonchev–Trinajstić information content (AvgIpc) is 2.77. The van der Waals surface area contributed by atoms with Crippen LogP contribution in [0.3, 0.4) is 0 Å². The Hall–Kier alpha value is -0.160. The quantitative estimate of drug-likeness (QED) is 0.292. The molecule has 0 radical (unpaired) electrons. The van der Waals surface area contributed by atoms with Gasteiger partial charge in [-0.2, -0.15) is 0 Å². The number of nitrogens with zero attached hydrogens (tertiary/aromatic N) is 3. The third kappa shape index (κ3) is 9.14. The Morgan fingerprint density at radius 1 is 1.10 bits per heavy atom. The minimum Gasteiger partial charge on any atom is -0.379 e. The molecule has 0 bridgehead atoms. The molecule has 0 aromatic rings. The highest BCUT2D eigenvalue weighted by molar-refractivity contribution is 14.0. The molecule has 3 rings (SSSR count). The van der Waals surface area contributed by atoms with Gasteiger partial charge in [0.25, 0.3) is 0 Å². The summed E-state index contributed by atoms with van der Waals surface area (Å²) in [6.07, 6.45) is 6.44. The molecule has 3 aliphatic heterocycles. The standard InChI is InChI=1S/C22H42N4O3.HI/c1-3-23-22(24-16-19(2)17-25-11-14-27-15-12-25)26-9-7-20(8-10-26)29-18-21-6-4-5-13-28-21;/h19-21H,3-18H2,1-2H3,(H,23,24);1H. The monoisotopic (exact) mass is 538 g/mol. The molecule has 7 nitrogen and oxygen atoms in total. The summed E-state index contributed by atoms with van der Waals surface area (Å²) in [7, 11) is 0. The molecular formula is C22H43IN4O3. The van der Waals surface area contributed by atoms with Gasteiger partial charge in [0, 0.05) is 52.4 Å². The van der Waals surface area contributed by atoms with E-state index in [4.69, 9.17) is 19.2 Å². The maximum absolute atomic E-state index is 6.17. The number of hydrogen-bond acceptors (Lipinski definition) is 5. The summed E-state index contributed by atoms with van der Waals surface area (Å²) in [6.45, 7) is 14.8. The van der Waals surface area contributed by atoms with E-state index in [2.05, 4.69) is 29.0 Å². The third-order valence-electron chi connectivity index (χ3n) is 6.09. The van der Waals surface area contributed by atoms with E-state index in [1.54, 1.807) is 0 Å². The Balaban J connectivity index is 0.00000320. The highest BCUT2D eigenvalue weighted by Gasteiger charge is 2.24. The molecule has 2 unspecified atom stereocenters. The summed E-state index contributed by atoms with van der Waals surface area (Å²) in [5.41, 5.74) is 0. The number of rotatable bonds is 8. The van der Waals surface area contributed by atoms with Crippen LogP contribution in [0.25, 0.3) is 0 Å². The van der Waals surface area contributed by atoms with Crippen LogP contribution in [0, 0.1) is 5.92 Å². The zero-order valence-corrected chi connectivity index (χ0v) is 21.4. The smallest absolute Gasteiger partial charge is 0.193 e. The van der Waals surface area contributed by atoms with E-state index in [0.29, 0.717) is 18.1 Å². The summed E-state index contributed by atoms with van der Waals surface area (Å²) < 4.78 is 17.4. The summed E-state index contributed by atoms with van der Waals surface area (Å²) in [5, 5.41) is 3.49. The lowest BCUT2D eigenvalue weighted by Gasteiger charge is -2.35. The van der Waals surface area contributed by atoms with Crippen molar-refractivity contribution in [2.24, 2.45) is 10.9 Å². The molecule has 0 aliphatic carbocycles. The SMILES string of the molecule is CCNC(=NCC(C)CN1CCOCC1)N1CCC(OCC2CCCCO2)CC1.I. The first-order valence-electron chi connectivity index (χ1n) is 11.8. The maximum Gasteiger partial charge on any atom is 0.193 e. The Morgan fingerprint density at radius 3 is 2.53 bits per heavy atom. The van der Waals surface area contributed by atoms with E-state index >= 15 is 0 Å². The molecule has 3 heterocycles. The van der Waals surface area contributed by atoms with Crippen LogP contribution in [0.1, 0.15) is 46.0 Å². The first-order chi connectivity index (χ1) is 14.2. The van der Waals surface area contributed by atoms with Crippen molar-refractivity contribution in [1.29, 1.82) is 0 Å². The number of likely N-dealkylation sites (tertiary alicyclic amines) is 1. The van der Waals surface area contributed by atoms with Crippen LogP contribution in [0.4, 0.5) is 0 Å². The molecule has 0 saturated carbocycles. The number of hydrogen-bond donors (Lipinski definition) is 1. The van der Waals surface area contributed by atoms with Crippen LogP contribution in [0.2, 0.25) is 0 Å². The Labute approximate surface area is 200 Å². The van der Waals surface area contributed by atoms with E-state index in [9.17, 15) is 0 Å². The zero-order chi connectivity index (χ0) is 20.3. The van der Waals surface area contributed by atoms with Gasteiger partial charge >= 0.3 is 0 Å². The number of nitrogens with one attached hydrogen (secondary N) is 1. The van der Waals surface area contributed by atoms with Crippen LogP contribution >= 0.6 is 24.0 Å². The number of guanidine groups is 1. The molecule has 0 amide bonds. The molecule has 8 heteroatoms. The molecule has 1 N–H and O–H groups in total. The summed E-state index contributed by atoms with van der Waals surface area (Å²) in [5.74, 6) is 1.62. The van der Waals surface area contributed by atoms with Crippen LogP contribution in [0.5, 0.6) is 0 Å². The maximum atomic E-state index is 6.17. The van der Waals surface area contributed by atoms with Crippen molar-refractivity contribution in [1.82, 2.24) is 15.1 Å². The lowest BCUT2D eigenvalue weighted by molar-refractivity contribution is -0.0721. The molecule has 0 spiro atoms. The highest BCUT2D eigenvalue weighted by atomic mass is 127. The molecular weight excluding hydrogens is 495 g/mol. The summed E-state index contributed by atoms with van der Waals surface area (Å²) in [4.78, 5) is 9.86. The van der Waals surface area contributed by atoms with Crippen molar-refractivity contribution in [3.8, 4) is 0 Å². The molecule has 176 valence electrons. The lowest BCUT2D eigenvalue weighted by Crippen LogP contribution is -2.47. The fourth-order valence-electron chi connectivity index (χ4n) is 4.37. The Bertz CT molecular complexity index is 477. The molecule has 0 aromatic carbocycles. The van der Waals surface area contributed by atoms with Crippen LogP contribution in [-0.2, 0) is 14.2 Å². The molecule has 3 saturated heterocycles. The summed E-state index contributed by atoms with van der Waals surface area (Å²) in [6, 6.07) is 0. The number of ether oxygens (including phenoxy) is 3. The molecule has 2 atom stereocenters. The second-order valence-corrected chi connectivity index (χ2v) is 8.72. The Morgan fingerprint density at radius 2 is 1.87 bits per heavy atom. The van der Waals surface area contributed by atoms with Gasteiger partial charge in [0.2, 0.25) is 0 Å². The normalized spacial score (nSPS) is 25.6. The van der Waals surface area contributed by atoms with E-state index < -0.39 is 0 Å².